The van der Waals surface area contributed by atoms with Gasteiger partial charge in [-0.1, -0.05) is 35.1 Å². The van der Waals surface area contributed by atoms with Crippen LogP contribution in [0.1, 0.15) is 27.3 Å². The Morgan fingerprint density at radius 3 is 2.65 bits per heavy atom. The van der Waals surface area contributed by atoms with Gasteiger partial charge in [-0.15, -0.1) is 0 Å². The number of nitrogens with one attached hydrogen (secondary N) is 1. The van der Waals surface area contributed by atoms with Crippen molar-refractivity contribution in [3.8, 4) is 0 Å². The first kappa shape index (κ1) is 22.5. The normalized spacial score (nSPS) is 15.7. The maximum Gasteiger partial charge on any atom is 0.251 e. The number of anilines is 2. The number of fused-ring (bicyclic) bond motifs is 1. The molecule has 1 aliphatic heterocycles. The number of hydrogen-bond donors (Lipinski definition) is 2. The summed E-state index contributed by atoms with van der Waals surface area (Å²) < 4.78 is 13.1. The topological polar surface area (TPSA) is 97.0 Å². The number of benzene rings is 2. The summed E-state index contributed by atoms with van der Waals surface area (Å²) in [5, 5.41) is 4.60. The average Bonchev–Trinajstić information content (AvgIpc) is 3.45. The van der Waals surface area contributed by atoms with Crippen LogP contribution >= 0.6 is 22.9 Å². The van der Waals surface area contributed by atoms with E-state index in [0.717, 1.165) is 40.3 Å². The van der Waals surface area contributed by atoms with Crippen LogP contribution in [0.4, 0.5) is 16.2 Å². The van der Waals surface area contributed by atoms with E-state index in [2.05, 4.69) is 20.2 Å². The maximum atomic E-state index is 13.1. The Balaban J connectivity index is 1.29. The van der Waals surface area contributed by atoms with Crippen LogP contribution in [0.2, 0.25) is 5.02 Å². The Bertz CT molecular complexity index is 1330. The highest BCUT2D eigenvalue weighted by atomic mass is 35.5. The molecule has 3 heterocycles. The Morgan fingerprint density at radius 2 is 1.88 bits per heavy atom. The van der Waals surface area contributed by atoms with Crippen molar-refractivity contribution >= 4 is 51.0 Å². The van der Waals surface area contributed by atoms with Gasteiger partial charge in [0, 0.05) is 36.1 Å². The van der Waals surface area contributed by atoms with Gasteiger partial charge in [-0.2, -0.15) is 4.98 Å². The lowest BCUT2D eigenvalue weighted by Crippen LogP contribution is -2.37. The molecule has 1 atom stereocenters. The summed E-state index contributed by atoms with van der Waals surface area (Å²) in [7, 11) is 0. The molecule has 0 bridgehead atoms. The third kappa shape index (κ3) is 4.95. The predicted molar refractivity (Wildman–Crippen MR) is 133 cm³/mol. The van der Waals surface area contributed by atoms with Crippen LogP contribution in [0, 0.1) is 5.82 Å². The molecule has 1 fully saturated rings. The van der Waals surface area contributed by atoms with Gasteiger partial charge < -0.3 is 16.0 Å². The minimum absolute atomic E-state index is 0.0222. The number of hydrogen-bond acceptors (Lipinski definition) is 7. The number of carbonyl (C=O) groups is 1. The number of aromatic nitrogens is 3. The summed E-state index contributed by atoms with van der Waals surface area (Å²) in [5.41, 5.74) is 8.34. The second-order valence-electron chi connectivity index (χ2n) is 8.21. The monoisotopic (exact) mass is 496 g/mol. The number of rotatable bonds is 6. The second kappa shape index (κ2) is 9.52. The van der Waals surface area contributed by atoms with Gasteiger partial charge in [-0.25, -0.2) is 14.4 Å². The van der Waals surface area contributed by atoms with Crippen LogP contribution in [0.15, 0.2) is 48.5 Å². The molecule has 0 spiro atoms. The minimum Gasteiger partial charge on any atom is -0.368 e. The molecule has 1 amide bonds. The number of nitrogens with zero attached hydrogens (tertiary/aromatic N) is 4. The second-order valence-corrected chi connectivity index (χ2v) is 9.70. The minimum atomic E-state index is -0.243. The van der Waals surface area contributed by atoms with Gasteiger partial charge in [-0.05, 0) is 54.8 Å². The first-order valence-electron chi connectivity index (χ1n) is 10.9. The predicted octanol–water partition coefficient (Wildman–Crippen LogP) is 4.25. The molecule has 10 heteroatoms. The fraction of sp³-hybridized carbons (Fsp3) is 0.250. The molecule has 5 rings (SSSR count). The third-order valence-corrected chi connectivity index (χ3v) is 7.03. The van der Waals surface area contributed by atoms with Crippen LogP contribution in [-0.4, -0.2) is 40.0 Å². The standard InChI is InChI=1S/C24H22ClFN6OS/c25-16-6-4-15(5-7-16)22(33)28-18-11-12-32(13-18)21-20-23(31-24(27)30-21)34-19(29-20)10-3-14-1-8-17(26)9-2-14/h1-2,4-9,18H,3,10-13H2,(H,28,33)(H2,27,30,31). The average molecular weight is 497 g/mol. The molecule has 4 aromatic rings. The number of aryl methyl sites for hydroxylation is 2. The van der Waals surface area contributed by atoms with E-state index < -0.39 is 0 Å². The number of nitrogens with two attached hydrogens (primary N) is 1. The van der Waals surface area contributed by atoms with Crippen LogP contribution in [-0.2, 0) is 12.8 Å². The first-order valence-corrected chi connectivity index (χ1v) is 12.1. The van der Waals surface area contributed by atoms with Crippen molar-refractivity contribution in [1.82, 2.24) is 20.3 Å². The maximum absolute atomic E-state index is 13.1. The van der Waals surface area contributed by atoms with Gasteiger partial charge >= 0.3 is 0 Å². The van der Waals surface area contributed by atoms with E-state index in [1.807, 2.05) is 0 Å². The fourth-order valence-electron chi connectivity index (χ4n) is 4.04. The highest BCUT2D eigenvalue weighted by molar-refractivity contribution is 7.18. The van der Waals surface area contributed by atoms with E-state index in [1.54, 1.807) is 36.4 Å². The number of halogens is 2. The van der Waals surface area contributed by atoms with E-state index in [-0.39, 0.29) is 23.7 Å². The summed E-state index contributed by atoms with van der Waals surface area (Å²) in [4.78, 5) is 29.1. The summed E-state index contributed by atoms with van der Waals surface area (Å²) >= 11 is 7.41. The smallest absolute Gasteiger partial charge is 0.251 e. The lowest BCUT2D eigenvalue weighted by molar-refractivity contribution is 0.0940. The summed E-state index contributed by atoms with van der Waals surface area (Å²) in [5.74, 6) is 0.514. The van der Waals surface area contributed by atoms with Crippen molar-refractivity contribution in [2.24, 2.45) is 0 Å². The van der Waals surface area contributed by atoms with Gasteiger partial charge in [0.1, 0.15) is 11.3 Å². The molecule has 174 valence electrons. The van der Waals surface area contributed by atoms with E-state index in [4.69, 9.17) is 22.3 Å². The van der Waals surface area contributed by atoms with Crippen LogP contribution in [0.5, 0.6) is 0 Å². The lowest BCUT2D eigenvalue weighted by Gasteiger charge is -2.18. The van der Waals surface area contributed by atoms with Gasteiger partial charge in [0.15, 0.2) is 10.6 Å². The molecular weight excluding hydrogens is 475 g/mol. The zero-order valence-electron chi connectivity index (χ0n) is 18.2. The van der Waals surface area contributed by atoms with E-state index in [9.17, 15) is 9.18 Å². The highest BCUT2D eigenvalue weighted by Crippen LogP contribution is 2.31. The fourth-order valence-corrected chi connectivity index (χ4v) is 5.10. The molecule has 34 heavy (non-hydrogen) atoms. The number of thiazole rings is 1. The molecule has 1 aliphatic rings. The Kier molecular flexibility index (Phi) is 6.30. The summed E-state index contributed by atoms with van der Waals surface area (Å²) in [6, 6.07) is 13.3. The van der Waals surface area contributed by atoms with Crippen molar-refractivity contribution in [2.45, 2.75) is 25.3 Å². The molecule has 0 aliphatic carbocycles. The summed E-state index contributed by atoms with van der Waals surface area (Å²) in [6.45, 7) is 1.33. The van der Waals surface area contributed by atoms with Crippen LogP contribution in [0.25, 0.3) is 10.3 Å². The molecule has 3 N–H and O–H groups in total. The molecular formula is C24H22ClFN6OS. The quantitative estimate of drug-likeness (QED) is 0.414. The van der Waals surface area contributed by atoms with E-state index >= 15 is 0 Å². The van der Waals surface area contributed by atoms with Crippen molar-refractivity contribution in [3.63, 3.8) is 0 Å². The number of carbonyl (C=O) groups excluding carboxylic acids is 1. The lowest BCUT2D eigenvalue weighted by atomic mass is 10.1. The van der Waals surface area contributed by atoms with Crippen molar-refractivity contribution in [2.75, 3.05) is 23.7 Å². The first-order chi connectivity index (χ1) is 16.4. The van der Waals surface area contributed by atoms with E-state index in [1.165, 1.54) is 23.5 Å². The van der Waals surface area contributed by atoms with E-state index in [0.29, 0.717) is 29.4 Å². The van der Waals surface area contributed by atoms with Gasteiger partial charge in [-0.3, -0.25) is 4.79 Å². The molecule has 2 aromatic carbocycles. The Morgan fingerprint density at radius 1 is 1.12 bits per heavy atom. The Labute approximate surface area is 204 Å². The van der Waals surface area contributed by atoms with Crippen molar-refractivity contribution in [3.05, 3.63) is 75.5 Å². The van der Waals surface area contributed by atoms with Gasteiger partial charge in [0.05, 0.1) is 5.01 Å². The molecule has 2 aromatic heterocycles. The van der Waals surface area contributed by atoms with Gasteiger partial charge in [0.25, 0.3) is 5.91 Å². The van der Waals surface area contributed by atoms with Crippen LogP contribution in [0.3, 0.4) is 0 Å². The Hall–Kier alpha value is -3.30. The summed E-state index contributed by atoms with van der Waals surface area (Å²) in [6.07, 6.45) is 2.25. The zero-order chi connectivity index (χ0) is 23.7. The van der Waals surface area contributed by atoms with Gasteiger partial charge in [0.2, 0.25) is 5.95 Å². The molecule has 7 nitrogen and oxygen atoms in total. The van der Waals surface area contributed by atoms with Crippen LogP contribution < -0.4 is 16.0 Å². The zero-order valence-corrected chi connectivity index (χ0v) is 19.7. The molecule has 0 saturated carbocycles. The third-order valence-electron chi connectivity index (χ3n) is 5.77. The van der Waals surface area contributed by atoms with Crippen molar-refractivity contribution in [1.29, 1.82) is 0 Å². The highest BCUT2D eigenvalue weighted by Gasteiger charge is 2.28. The SMILES string of the molecule is Nc1nc(N2CCC(NC(=O)c3ccc(Cl)cc3)C2)c2nc(CCc3ccc(F)cc3)sc2n1. The number of nitrogen functional groups attached to an aromatic ring is 1. The number of amides is 1. The molecule has 1 saturated heterocycles. The molecule has 1 unspecified atom stereocenters. The van der Waals surface area contributed by atoms with Crippen molar-refractivity contribution < 1.29 is 9.18 Å². The molecule has 0 radical (unpaired) electrons. The largest absolute Gasteiger partial charge is 0.368 e.